The van der Waals surface area contributed by atoms with Gasteiger partial charge >= 0.3 is 0 Å². The quantitative estimate of drug-likeness (QED) is 0.682. The first-order chi connectivity index (χ1) is 7.68. The van der Waals surface area contributed by atoms with Crippen molar-refractivity contribution in [3.05, 3.63) is 54.3 Å². The maximum absolute atomic E-state index is 13.6. The van der Waals surface area contributed by atoms with Gasteiger partial charge in [-0.05, 0) is 23.3 Å². The summed E-state index contributed by atoms with van der Waals surface area (Å²) < 4.78 is 13.6. The van der Waals surface area contributed by atoms with Gasteiger partial charge in [0.2, 0.25) is 0 Å². The topological polar surface area (TPSA) is 0 Å². The third-order valence-corrected chi connectivity index (χ3v) is 4.06. The molecule has 0 aliphatic rings. The Morgan fingerprint density at radius 3 is 2.12 bits per heavy atom. The lowest BCUT2D eigenvalue weighted by atomic mass is 10.1. The molecule has 0 nitrogen and oxygen atoms in total. The van der Waals surface area contributed by atoms with Crippen LogP contribution in [-0.4, -0.2) is 0 Å². The predicted octanol–water partition coefficient (Wildman–Crippen LogP) is 4.91. The summed E-state index contributed by atoms with van der Waals surface area (Å²) in [6.45, 7) is -1.43. The molecule has 0 spiro atoms. The highest BCUT2D eigenvalue weighted by Crippen LogP contribution is 2.46. The van der Waals surface area contributed by atoms with Crippen molar-refractivity contribution in [2.45, 2.75) is 0 Å². The van der Waals surface area contributed by atoms with Gasteiger partial charge in [0.05, 0.1) is 0 Å². The van der Waals surface area contributed by atoms with E-state index in [1.54, 1.807) is 6.07 Å². The summed E-state index contributed by atoms with van der Waals surface area (Å²) in [5.74, 6) is -0.350. The first-order valence-corrected chi connectivity index (χ1v) is 7.80. The van der Waals surface area contributed by atoms with E-state index in [1.807, 2.05) is 36.4 Å². The Balaban J connectivity index is 2.43. The van der Waals surface area contributed by atoms with Crippen LogP contribution in [0.1, 0.15) is 0 Å². The van der Waals surface area contributed by atoms with Gasteiger partial charge < -0.3 is 0 Å². The van der Waals surface area contributed by atoms with Crippen LogP contribution in [0.5, 0.6) is 0 Å². The molecule has 0 saturated heterocycles. The average Bonchev–Trinajstić information content (AvgIpc) is 2.29. The predicted molar refractivity (Wildman–Crippen MR) is 70.1 cm³/mol. The first kappa shape index (κ1) is 11.9. The summed E-state index contributed by atoms with van der Waals surface area (Å²) in [6, 6.07) is 14.5. The number of rotatable bonds is 2. The zero-order valence-electron chi connectivity index (χ0n) is 8.20. The highest BCUT2D eigenvalue weighted by atomic mass is 35.9. The Bertz CT molecular complexity index is 486. The lowest BCUT2D eigenvalue weighted by Crippen LogP contribution is -2.01. The van der Waals surface area contributed by atoms with Gasteiger partial charge in [-0.3, -0.25) is 0 Å². The van der Waals surface area contributed by atoms with Crippen LogP contribution in [0.2, 0.25) is 0 Å². The van der Waals surface area contributed by atoms with Crippen LogP contribution in [0.4, 0.5) is 4.39 Å². The molecule has 0 aliphatic heterocycles. The Labute approximate surface area is 104 Å². The molecular weight excluding hydrogens is 265 g/mol. The molecule has 2 aromatic rings. The fourth-order valence-electron chi connectivity index (χ4n) is 1.45. The maximum Gasteiger partial charge on any atom is 0.133 e. The summed E-state index contributed by atoms with van der Waals surface area (Å²) in [7, 11) is 0. The fraction of sp³-hybridized carbons (Fsp3) is 0. The van der Waals surface area contributed by atoms with Crippen LogP contribution < -0.4 is 5.30 Å². The Morgan fingerprint density at radius 1 is 0.875 bits per heavy atom. The SMILES string of the molecule is Fc1cc(-c2ccccc2)ccc1P(Cl)Cl. The molecule has 82 valence electrons. The van der Waals surface area contributed by atoms with Crippen LogP contribution in [-0.2, 0) is 0 Å². The highest BCUT2D eigenvalue weighted by molar-refractivity contribution is 8.08. The van der Waals surface area contributed by atoms with E-state index < -0.39 is 6.63 Å². The highest BCUT2D eigenvalue weighted by Gasteiger charge is 2.11. The third kappa shape index (κ3) is 2.55. The summed E-state index contributed by atoms with van der Waals surface area (Å²) in [4.78, 5) is 0. The van der Waals surface area contributed by atoms with E-state index in [4.69, 9.17) is 22.5 Å². The minimum Gasteiger partial charge on any atom is -0.206 e. The molecule has 0 heterocycles. The number of halogens is 3. The van der Waals surface area contributed by atoms with E-state index in [2.05, 4.69) is 0 Å². The zero-order valence-corrected chi connectivity index (χ0v) is 10.6. The molecule has 0 atom stereocenters. The molecule has 0 fully saturated rings. The van der Waals surface area contributed by atoms with Gasteiger partial charge in [0.15, 0.2) is 0 Å². The fourth-order valence-corrected chi connectivity index (χ4v) is 2.69. The minimum atomic E-state index is -1.43. The van der Waals surface area contributed by atoms with Crippen LogP contribution in [0.25, 0.3) is 11.1 Å². The smallest absolute Gasteiger partial charge is 0.133 e. The molecular formula is C12H8Cl2FP. The molecule has 0 saturated carbocycles. The molecule has 0 aliphatic carbocycles. The molecule has 0 unspecified atom stereocenters. The van der Waals surface area contributed by atoms with Gasteiger partial charge in [-0.25, -0.2) is 4.39 Å². The number of hydrogen-bond donors (Lipinski definition) is 0. The van der Waals surface area contributed by atoms with Crippen molar-refractivity contribution in [3.8, 4) is 11.1 Å². The molecule has 2 rings (SSSR count). The number of hydrogen-bond acceptors (Lipinski definition) is 0. The third-order valence-electron chi connectivity index (χ3n) is 2.24. The normalized spacial score (nSPS) is 10.8. The molecule has 4 heteroatoms. The molecule has 16 heavy (non-hydrogen) atoms. The summed E-state index contributed by atoms with van der Waals surface area (Å²) in [5, 5.41) is 0.373. The Hall–Kier alpha value is -0.620. The van der Waals surface area contributed by atoms with Crippen molar-refractivity contribution in [3.63, 3.8) is 0 Å². The van der Waals surface area contributed by atoms with Gasteiger partial charge in [-0.1, -0.05) is 58.9 Å². The van der Waals surface area contributed by atoms with E-state index in [0.29, 0.717) is 5.30 Å². The van der Waals surface area contributed by atoms with Crippen molar-refractivity contribution in [2.24, 2.45) is 0 Å². The van der Waals surface area contributed by atoms with Crippen LogP contribution in [0, 0.1) is 5.82 Å². The van der Waals surface area contributed by atoms with Crippen molar-refractivity contribution >= 4 is 34.4 Å². The molecule has 0 radical (unpaired) electrons. The maximum atomic E-state index is 13.6. The molecule has 2 aromatic carbocycles. The van der Waals surface area contributed by atoms with Gasteiger partial charge in [-0.2, -0.15) is 0 Å². The average molecular weight is 273 g/mol. The summed E-state index contributed by atoms with van der Waals surface area (Å²) in [6.07, 6.45) is 0. The molecule has 0 aromatic heterocycles. The Kier molecular flexibility index (Phi) is 3.81. The lowest BCUT2D eigenvalue weighted by molar-refractivity contribution is 0.637. The van der Waals surface area contributed by atoms with E-state index in [0.717, 1.165) is 11.1 Å². The summed E-state index contributed by atoms with van der Waals surface area (Å²) >= 11 is 11.4. The van der Waals surface area contributed by atoms with Gasteiger partial charge in [0, 0.05) is 5.30 Å². The largest absolute Gasteiger partial charge is 0.206 e. The minimum absolute atomic E-state index is 0.350. The van der Waals surface area contributed by atoms with E-state index >= 15 is 0 Å². The van der Waals surface area contributed by atoms with Crippen LogP contribution >= 0.6 is 29.1 Å². The van der Waals surface area contributed by atoms with Crippen LogP contribution in [0.3, 0.4) is 0 Å². The second-order valence-electron chi connectivity index (χ2n) is 3.27. The van der Waals surface area contributed by atoms with Crippen molar-refractivity contribution in [2.75, 3.05) is 0 Å². The van der Waals surface area contributed by atoms with Gasteiger partial charge in [-0.15, -0.1) is 0 Å². The molecule has 0 amide bonds. The van der Waals surface area contributed by atoms with Gasteiger partial charge in [0.1, 0.15) is 12.4 Å². The molecule has 0 N–H and O–H groups in total. The standard InChI is InChI=1S/C12H8Cl2FP/c13-16(14)12-7-6-10(8-11(12)15)9-4-2-1-3-5-9/h1-8H. The number of benzene rings is 2. The van der Waals surface area contributed by atoms with E-state index in [9.17, 15) is 4.39 Å². The lowest BCUT2D eigenvalue weighted by Gasteiger charge is -2.06. The van der Waals surface area contributed by atoms with Crippen molar-refractivity contribution < 1.29 is 4.39 Å². The zero-order chi connectivity index (χ0) is 11.5. The van der Waals surface area contributed by atoms with E-state index in [1.165, 1.54) is 6.07 Å². The van der Waals surface area contributed by atoms with Crippen molar-refractivity contribution in [1.82, 2.24) is 0 Å². The Morgan fingerprint density at radius 2 is 1.56 bits per heavy atom. The second kappa shape index (κ2) is 5.14. The van der Waals surface area contributed by atoms with Gasteiger partial charge in [0.25, 0.3) is 0 Å². The summed E-state index contributed by atoms with van der Waals surface area (Å²) in [5.41, 5.74) is 1.80. The van der Waals surface area contributed by atoms with Crippen molar-refractivity contribution in [1.29, 1.82) is 0 Å². The van der Waals surface area contributed by atoms with E-state index in [-0.39, 0.29) is 5.82 Å². The second-order valence-corrected chi connectivity index (χ2v) is 6.76. The first-order valence-electron chi connectivity index (χ1n) is 4.65. The van der Waals surface area contributed by atoms with Crippen LogP contribution in [0.15, 0.2) is 48.5 Å². The monoisotopic (exact) mass is 272 g/mol. The molecule has 0 bridgehead atoms.